The van der Waals surface area contributed by atoms with Crippen molar-refractivity contribution < 1.29 is 4.42 Å². The highest BCUT2D eigenvalue weighted by Crippen LogP contribution is 2.61. The van der Waals surface area contributed by atoms with Crippen molar-refractivity contribution in [3.8, 4) is 0 Å². The SMILES string of the molecule is C=C1CC[C@H]2C(C)(C)CCC[C@]2(C)[C@H]1Cc1occc1C. The molecule has 2 aliphatic rings. The van der Waals surface area contributed by atoms with Gasteiger partial charge in [0.25, 0.3) is 0 Å². The zero-order valence-corrected chi connectivity index (χ0v) is 14.2. The molecule has 116 valence electrons. The Morgan fingerprint density at radius 3 is 2.71 bits per heavy atom. The first-order valence-corrected chi connectivity index (χ1v) is 8.55. The van der Waals surface area contributed by atoms with Gasteiger partial charge in [-0.25, -0.2) is 0 Å². The van der Waals surface area contributed by atoms with Gasteiger partial charge in [0.1, 0.15) is 5.76 Å². The summed E-state index contributed by atoms with van der Waals surface area (Å²) in [4.78, 5) is 0. The van der Waals surface area contributed by atoms with E-state index in [1.54, 1.807) is 0 Å². The van der Waals surface area contributed by atoms with Crippen molar-refractivity contribution in [1.29, 1.82) is 0 Å². The van der Waals surface area contributed by atoms with Crippen molar-refractivity contribution in [2.24, 2.45) is 22.7 Å². The van der Waals surface area contributed by atoms with Crippen LogP contribution in [-0.2, 0) is 6.42 Å². The van der Waals surface area contributed by atoms with Crippen LogP contribution in [0.4, 0.5) is 0 Å². The van der Waals surface area contributed by atoms with Crippen molar-refractivity contribution in [3.05, 3.63) is 35.8 Å². The van der Waals surface area contributed by atoms with Crippen LogP contribution in [0.2, 0.25) is 0 Å². The number of fused-ring (bicyclic) bond motifs is 1. The Hall–Kier alpha value is -0.980. The van der Waals surface area contributed by atoms with E-state index in [0.29, 0.717) is 16.7 Å². The number of aryl methyl sites for hydroxylation is 1. The summed E-state index contributed by atoms with van der Waals surface area (Å²) in [6.07, 6.45) is 9.50. The third-order valence-electron chi connectivity index (χ3n) is 6.68. The zero-order valence-electron chi connectivity index (χ0n) is 14.2. The lowest BCUT2D eigenvalue weighted by Crippen LogP contribution is -2.50. The molecule has 0 spiro atoms. The van der Waals surface area contributed by atoms with Crippen molar-refractivity contribution in [1.82, 2.24) is 0 Å². The molecule has 1 nitrogen and oxygen atoms in total. The van der Waals surface area contributed by atoms with Crippen LogP contribution in [0.25, 0.3) is 0 Å². The highest BCUT2D eigenvalue weighted by atomic mass is 16.3. The summed E-state index contributed by atoms with van der Waals surface area (Å²) in [6, 6.07) is 2.09. The largest absolute Gasteiger partial charge is 0.469 e. The first kappa shape index (κ1) is 14.9. The first-order chi connectivity index (χ1) is 9.84. The van der Waals surface area contributed by atoms with Crippen LogP contribution < -0.4 is 0 Å². The Labute approximate surface area is 129 Å². The van der Waals surface area contributed by atoms with E-state index in [-0.39, 0.29) is 0 Å². The second-order valence-electron chi connectivity index (χ2n) is 8.38. The zero-order chi connectivity index (χ0) is 15.3. The predicted octanol–water partition coefficient (Wildman–Crippen LogP) is 5.93. The lowest BCUT2D eigenvalue weighted by molar-refractivity contribution is -0.0528. The van der Waals surface area contributed by atoms with E-state index in [2.05, 4.69) is 40.3 Å². The third-order valence-corrected chi connectivity index (χ3v) is 6.68. The molecule has 21 heavy (non-hydrogen) atoms. The van der Waals surface area contributed by atoms with Crippen LogP contribution in [-0.4, -0.2) is 0 Å². The van der Waals surface area contributed by atoms with Gasteiger partial charge in [-0.2, -0.15) is 0 Å². The molecule has 0 radical (unpaired) electrons. The fourth-order valence-corrected chi connectivity index (χ4v) is 5.45. The average molecular weight is 286 g/mol. The minimum Gasteiger partial charge on any atom is -0.469 e. The highest BCUT2D eigenvalue weighted by Gasteiger charge is 2.52. The van der Waals surface area contributed by atoms with Crippen LogP contribution >= 0.6 is 0 Å². The molecule has 0 aromatic carbocycles. The monoisotopic (exact) mass is 286 g/mol. The lowest BCUT2D eigenvalue weighted by atomic mass is 9.47. The number of rotatable bonds is 2. The average Bonchev–Trinajstić information content (AvgIpc) is 2.78. The Morgan fingerprint density at radius 1 is 1.29 bits per heavy atom. The minimum atomic E-state index is 0.399. The van der Waals surface area contributed by atoms with Gasteiger partial charge in [-0.15, -0.1) is 0 Å². The van der Waals surface area contributed by atoms with Gasteiger partial charge in [-0.1, -0.05) is 39.3 Å². The van der Waals surface area contributed by atoms with Crippen LogP contribution in [0.1, 0.15) is 64.2 Å². The van der Waals surface area contributed by atoms with Gasteiger partial charge in [0, 0.05) is 6.42 Å². The number of hydrogen-bond acceptors (Lipinski definition) is 1. The minimum absolute atomic E-state index is 0.399. The molecule has 0 amide bonds. The molecule has 0 unspecified atom stereocenters. The Kier molecular flexibility index (Phi) is 3.58. The van der Waals surface area contributed by atoms with Crippen LogP contribution in [0.15, 0.2) is 28.9 Å². The molecule has 1 aromatic heterocycles. The number of hydrogen-bond donors (Lipinski definition) is 0. The predicted molar refractivity (Wildman–Crippen MR) is 88.2 cm³/mol. The summed E-state index contributed by atoms with van der Waals surface area (Å²) in [7, 11) is 0. The van der Waals surface area contributed by atoms with E-state index in [1.807, 2.05) is 6.26 Å². The molecule has 2 fully saturated rings. The van der Waals surface area contributed by atoms with Gasteiger partial charge in [-0.05, 0) is 66.9 Å². The van der Waals surface area contributed by atoms with Gasteiger partial charge in [0.2, 0.25) is 0 Å². The molecule has 0 N–H and O–H groups in total. The summed E-state index contributed by atoms with van der Waals surface area (Å²) in [5, 5.41) is 0. The molecule has 0 aliphatic heterocycles. The molecule has 0 bridgehead atoms. The number of furan rings is 1. The van der Waals surface area contributed by atoms with E-state index < -0.39 is 0 Å². The smallest absolute Gasteiger partial charge is 0.107 e. The molecule has 1 heterocycles. The summed E-state index contributed by atoms with van der Waals surface area (Å²) in [5.41, 5.74) is 3.63. The van der Waals surface area contributed by atoms with E-state index >= 15 is 0 Å². The van der Waals surface area contributed by atoms with Gasteiger partial charge in [0.15, 0.2) is 0 Å². The molecular weight excluding hydrogens is 256 g/mol. The number of allylic oxidation sites excluding steroid dienone is 1. The molecule has 2 aliphatic carbocycles. The van der Waals surface area contributed by atoms with E-state index in [1.165, 1.54) is 49.0 Å². The van der Waals surface area contributed by atoms with E-state index in [4.69, 9.17) is 4.42 Å². The van der Waals surface area contributed by atoms with Crippen LogP contribution in [0.5, 0.6) is 0 Å². The molecule has 3 atom stereocenters. The van der Waals surface area contributed by atoms with Gasteiger partial charge < -0.3 is 4.42 Å². The molecule has 1 heteroatoms. The van der Waals surface area contributed by atoms with Crippen LogP contribution in [0.3, 0.4) is 0 Å². The Bertz CT molecular complexity index is 536. The molecule has 1 aromatic rings. The van der Waals surface area contributed by atoms with E-state index in [9.17, 15) is 0 Å². The van der Waals surface area contributed by atoms with Gasteiger partial charge in [0.05, 0.1) is 6.26 Å². The summed E-state index contributed by atoms with van der Waals surface area (Å²) in [6.45, 7) is 14.1. The molecule has 3 rings (SSSR count). The third kappa shape index (κ3) is 2.39. The summed E-state index contributed by atoms with van der Waals surface area (Å²) >= 11 is 0. The van der Waals surface area contributed by atoms with E-state index in [0.717, 1.165) is 12.3 Å². The first-order valence-electron chi connectivity index (χ1n) is 8.55. The Balaban J connectivity index is 1.93. The summed E-state index contributed by atoms with van der Waals surface area (Å²) < 4.78 is 5.75. The Morgan fingerprint density at radius 2 is 2.05 bits per heavy atom. The van der Waals surface area contributed by atoms with Crippen molar-refractivity contribution >= 4 is 0 Å². The topological polar surface area (TPSA) is 13.1 Å². The second kappa shape index (κ2) is 5.04. The van der Waals surface area contributed by atoms with Crippen molar-refractivity contribution in [2.75, 3.05) is 0 Å². The lowest BCUT2D eigenvalue weighted by Gasteiger charge is -2.58. The highest BCUT2D eigenvalue weighted by molar-refractivity contribution is 5.22. The maximum Gasteiger partial charge on any atom is 0.107 e. The van der Waals surface area contributed by atoms with Crippen molar-refractivity contribution in [3.63, 3.8) is 0 Å². The fourth-order valence-electron chi connectivity index (χ4n) is 5.45. The normalized spacial score (nSPS) is 35.5. The molecule has 2 saturated carbocycles. The van der Waals surface area contributed by atoms with Crippen LogP contribution in [0, 0.1) is 29.6 Å². The van der Waals surface area contributed by atoms with Gasteiger partial charge >= 0.3 is 0 Å². The molecular formula is C20H30O. The summed E-state index contributed by atoms with van der Waals surface area (Å²) in [5.74, 6) is 2.58. The standard InChI is InChI=1S/C20H30O/c1-14-7-8-18-19(3,4)10-6-11-20(18,5)16(14)13-17-15(2)9-12-21-17/h9,12,16,18H,1,6-8,10-11,13H2,2-5H3/t16-,18-,20+/m0/s1. The quantitative estimate of drug-likeness (QED) is 0.614. The fraction of sp³-hybridized carbons (Fsp3) is 0.700. The maximum absolute atomic E-state index is 5.75. The van der Waals surface area contributed by atoms with Gasteiger partial charge in [-0.3, -0.25) is 0 Å². The maximum atomic E-state index is 5.75. The molecule has 0 saturated heterocycles. The van der Waals surface area contributed by atoms with Crippen molar-refractivity contribution in [2.45, 2.75) is 66.2 Å². The second-order valence-corrected chi connectivity index (χ2v) is 8.38.